The summed E-state index contributed by atoms with van der Waals surface area (Å²) < 4.78 is 0. The van der Waals surface area contributed by atoms with Crippen LogP contribution in [-0.2, 0) is 0 Å². The molecule has 1 saturated heterocycles. The first-order chi connectivity index (χ1) is 11.0. The van der Waals surface area contributed by atoms with Crippen LogP contribution in [0.25, 0.3) is 0 Å². The molecule has 0 atom stereocenters. The van der Waals surface area contributed by atoms with Gasteiger partial charge in [-0.2, -0.15) is 0 Å². The molecule has 0 aromatic heterocycles. The van der Waals surface area contributed by atoms with Crippen molar-refractivity contribution in [3.8, 4) is 0 Å². The molecule has 6 heteroatoms. The second-order valence-electron chi connectivity index (χ2n) is 5.38. The lowest BCUT2D eigenvalue weighted by atomic mass is 10.1. The molecular formula is C17H15Cl3N2O. The lowest BCUT2D eigenvalue weighted by molar-refractivity contribution is 0.0747. The summed E-state index contributed by atoms with van der Waals surface area (Å²) in [6, 6.07) is 12.7. The topological polar surface area (TPSA) is 23.6 Å². The highest BCUT2D eigenvalue weighted by atomic mass is 35.5. The summed E-state index contributed by atoms with van der Waals surface area (Å²) in [6.07, 6.45) is 0. The Kier molecular flexibility index (Phi) is 5.00. The van der Waals surface area contributed by atoms with E-state index in [0.717, 1.165) is 23.8 Å². The molecule has 0 saturated carbocycles. The quantitative estimate of drug-likeness (QED) is 0.772. The van der Waals surface area contributed by atoms with Crippen LogP contribution in [0.5, 0.6) is 0 Å². The number of benzene rings is 2. The average molecular weight is 370 g/mol. The van der Waals surface area contributed by atoms with Gasteiger partial charge in [0.25, 0.3) is 5.91 Å². The number of carbonyl (C=O) groups is 1. The van der Waals surface area contributed by atoms with Gasteiger partial charge in [0.05, 0.1) is 10.6 Å². The molecule has 3 rings (SSSR count). The minimum atomic E-state index is -0.0757. The normalized spacial score (nSPS) is 14.9. The Morgan fingerprint density at radius 3 is 2.09 bits per heavy atom. The van der Waals surface area contributed by atoms with Crippen LogP contribution in [-0.4, -0.2) is 37.0 Å². The maximum atomic E-state index is 12.6. The SMILES string of the molecule is O=C(c1cc(Cl)ccc1Cl)N1CCN(c2ccc(Cl)cc2)CC1. The van der Waals surface area contributed by atoms with Crippen molar-refractivity contribution in [3.05, 3.63) is 63.1 Å². The molecule has 0 spiro atoms. The number of rotatable bonds is 2. The van der Waals surface area contributed by atoms with Crippen molar-refractivity contribution in [3.63, 3.8) is 0 Å². The van der Waals surface area contributed by atoms with E-state index in [1.165, 1.54) is 0 Å². The third kappa shape index (κ3) is 3.74. The average Bonchev–Trinajstić information content (AvgIpc) is 2.57. The molecule has 2 aromatic rings. The number of anilines is 1. The van der Waals surface area contributed by atoms with Crippen molar-refractivity contribution in [2.24, 2.45) is 0 Å². The van der Waals surface area contributed by atoms with Crippen LogP contribution in [0, 0.1) is 0 Å². The molecule has 2 aromatic carbocycles. The minimum Gasteiger partial charge on any atom is -0.368 e. The van der Waals surface area contributed by atoms with E-state index in [2.05, 4.69) is 4.90 Å². The Hall–Kier alpha value is -1.42. The van der Waals surface area contributed by atoms with Gasteiger partial charge in [-0.1, -0.05) is 34.8 Å². The molecule has 1 amide bonds. The molecular weight excluding hydrogens is 355 g/mol. The fourth-order valence-electron chi connectivity index (χ4n) is 2.65. The standard InChI is InChI=1S/C17H15Cl3N2O/c18-12-1-4-14(5-2-12)21-7-9-22(10-8-21)17(23)15-11-13(19)3-6-16(15)20/h1-6,11H,7-10H2. The van der Waals surface area contributed by atoms with E-state index in [-0.39, 0.29) is 5.91 Å². The van der Waals surface area contributed by atoms with E-state index in [4.69, 9.17) is 34.8 Å². The van der Waals surface area contributed by atoms with E-state index in [9.17, 15) is 4.79 Å². The van der Waals surface area contributed by atoms with Crippen molar-refractivity contribution < 1.29 is 4.79 Å². The predicted octanol–water partition coefficient (Wildman–Crippen LogP) is 4.61. The number of hydrogen-bond donors (Lipinski definition) is 0. The van der Waals surface area contributed by atoms with E-state index in [1.807, 2.05) is 29.2 Å². The van der Waals surface area contributed by atoms with Gasteiger partial charge in [-0.05, 0) is 42.5 Å². The van der Waals surface area contributed by atoms with Gasteiger partial charge >= 0.3 is 0 Å². The molecule has 1 aliphatic rings. The Balaban J connectivity index is 1.67. The van der Waals surface area contributed by atoms with Gasteiger partial charge in [0, 0.05) is 41.9 Å². The third-order valence-electron chi connectivity index (χ3n) is 3.92. The molecule has 120 valence electrons. The molecule has 0 unspecified atom stereocenters. The number of piperazine rings is 1. The lowest BCUT2D eigenvalue weighted by Gasteiger charge is -2.36. The molecule has 0 bridgehead atoms. The highest BCUT2D eigenvalue weighted by Crippen LogP contribution is 2.24. The molecule has 1 heterocycles. The Morgan fingerprint density at radius 1 is 0.826 bits per heavy atom. The van der Waals surface area contributed by atoms with Gasteiger partial charge in [0.15, 0.2) is 0 Å². The van der Waals surface area contributed by atoms with Gasteiger partial charge in [-0.15, -0.1) is 0 Å². The largest absolute Gasteiger partial charge is 0.368 e. The van der Waals surface area contributed by atoms with Crippen molar-refractivity contribution >= 4 is 46.4 Å². The first-order valence-corrected chi connectivity index (χ1v) is 8.43. The summed E-state index contributed by atoms with van der Waals surface area (Å²) >= 11 is 18.0. The molecule has 1 aliphatic heterocycles. The first kappa shape index (κ1) is 16.4. The van der Waals surface area contributed by atoms with Gasteiger partial charge in [-0.25, -0.2) is 0 Å². The van der Waals surface area contributed by atoms with Crippen LogP contribution in [0.3, 0.4) is 0 Å². The minimum absolute atomic E-state index is 0.0757. The van der Waals surface area contributed by atoms with Crippen LogP contribution < -0.4 is 4.90 Å². The molecule has 1 fully saturated rings. The van der Waals surface area contributed by atoms with Crippen molar-refractivity contribution in [2.75, 3.05) is 31.1 Å². The lowest BCUT2D eigenvalue weighted by Crippen LogP contribution is -2.48. The smallest absolute Gasteiger partial charge is 0.255 e. The van der Waals surface area contributed by atoms with E-state index in [0.29, 0.717) is 28.7 Å². The molecule has 23 heavy (non-hydrogen) atoms. The maximum Gasteiger partial charge on any atom is 0.255 e. The van der Waals surface area contributed by atoms with Crippen molar-refractivity contribution in [1.29, 1.82) is 0 Å². The summed E-state index contributed by atoms with van der Waals surface area (Å²) in [5, 5.41) is 1.66. The second-order valence-corrected chi connectivity index (χ2v) is 6.66. The number of amides is 1. The molecule has 0 radical (unpaired) electrons. The van der Waals surface area contributed by atoms with Gasteiger partial charge in [0.1, 0.15) is 0 Å². The van der Waals surface area contributed by atoms with Crippen LogP contribution in [0.2, 0.25) is 15.1 Å². The Morgan fingerprint density at radius 2 is 1.43 bits per heavy atom. The van der Waals surface area contributed by atoms with Crippen LogP contribution in [0.15, 0.2) is 42.5 Å². The maximum absolute atomic E-state index is 12.6. The Bertz CT molecular complexity index is 710. The van der Waals surface area contributed by atoms with Crippen LogP contribution >= 0.6 is 34.8 Å². The molecule has 0 N–H and O–H groups in total. The Labute approximate surface area is 150 Å². The van der Waals surface area contributed by atoms with Crippen molar-refractivity contribution in [1.82, 2.24) is 4.90 Å². The van der Waals surface area contributed by atoms with Gasteiger partial charge < -0.3 is 9.80 Å². The molecule has 0 aliphatic carbocycles. The van der Waals surface area contributed by atoms with Crippen LogP contribution in [0.1, 0.15) is 10.4 Å². The number of halogens is 3. The van der Waals surface area contributed by atoms with Gasteiger partial charge in [-0.3, -0.25) is 4.79 Å². The number of nitrogens with zero attached hydrogens (tertiary/aromatic N) is 2. The van der Waals surface area contributed by atoms with E-state index >= 15 is 0 Å². The summed E-state index contributed by atoms with van der Waals surface area (Å²) in [5.74, 6) is -0.0757. The number of carbonyl (C=O) groups excluding carboxylic acids is 1. The monoisotopic (exact) mass is 368 g/mol. The van der Waals surface area contributed by atoms with Crippen LogP contribution in [0.4, 0.5) is 5.69 Å². The molecule has 3 nitrogen and oxygen atoms in total. The summed E-state index contributed by atoms with van der Waals surface area (Å²) in [5.41, 5.74) is 1.57. The summed E-state index contributed by atoms with van der Waals surface area (Å²) in [4.78, 5) is 16.7. The highest BCUT2D eigenvalue weighted by molar-refractivity contribution is 6.35. The van der Waals surface area contributed by atoms with E-state index in [1.54, 1.807) is 18.2 Å². The summed E-state index contributed by atoms with van der Waals surface area (Å²) in [6.45, 7) is 2.83. The zero-order valence-corrected chi connectivity index (χ0v) is 14.6. The van der Waals surface area contributed by atoms with Crippen molar-refractivity contribution in [2.45, 2.75) is 0 Å². The number of hydrogen-bond acceptors (Lipinski definition) is 2. The van der Waals surface area contributed by atoms with Gasteiger partial charge in [0.2, 0.25) is 0 Å². The highest BCUT2D eigenvalue weighted by Gasteiger charge is 2.23. The third-order valence-corrected chi connectivity index (χ3v) is 4.73. The zero-order chi connectivity index (χ0) is 16.4. The fourth-order valence-corrected chi connectivity index (χ4v) is 3.15. The summed E-state index contributed by atoms with van der Waals surface area (Å²) in [7, 11) is 0. The zero-order valence-electron chi connectivity index (χ0n) is 12.3. The second kappa shape index (κ2) is 7.00. The predicted molar refractivity (Wildman–Crippen MR) is 96.0 cm³/mol. The first-order valence-electron chi connectivity index (χ1n) is 7.29. The fraction of sp³-hybridized carbons (Fsp3) is 0.235. The van der Waals surface area contributed by atoms with E-state index < -0.39 is 0 Å².